The lowest BCUT2D eigenvalue weighted by molar-refractivity contribution is -0.137. The number of halogens is 3. The number of hydrogen-bond donors (Lipinski definition) is 2. The number of amides is 2. The Kier molecular flexibility index (Phi) is 4.27. The molecule has 3 aliphatic rings. The van der Waals surface area contributed by atoms with Crippen LogP contribution in [0.2, 0.25) is 0 Å². The van der Waals surface area contributed by atoms with Gasteiger partial charge in [-0.3, -0.25) is 4.68 Å². The van der Waals surface area contributed by atoms with Crippen LogP contribution in [0.25, 0.3) is 11.3 Å². The number of carbonyl (C=O) groups excluding carboxylic acids is 1. The Morgan fingerprint density at radius 1 is 1.26 bits per heavy atom. The summed E-state index contributed by atoms with van der Waals surface area (Å²) in [4.78, 5) is 18.2. The molecule has 1 spiro atoms. The average molecular weight is 436 g/mol. The summed E-state index contributed by atoms with van der Waals surface area (Å²) in [5, 5.41) is 7.55. The van der Waals surface area contributed by atoms with Crippen molar-refractivity contribution in [1.82, 2.24) is 25.0 Å². The first kappa shape index (κ1) is 20.1. The average Bonchev–Trinajstić information content (AvgIpc) is 3.37. The molecule has 0 aliphatic carbocycles. The Morgan fingerprint density at radius 2 is 2.00 bits per heavy atom. The molecule has 3 aliphatic heterocycles. The van der Waals surface area contributed by atoms with E-state index in [1.807, 2.05) is 17.7 Å². The number of hydrogen-bond acceptors (Lipinski definition) is 5. The number of ether oxygens (including phenoxy) is 1. The number of carbonyl (C=O) groups is 1. The molecule has 2 aromatic heterocycles. The van der Waals surface area contributed by atoms with E-state index in [9.17, 15) is 18.0 Å². The van der Waals surface area contributed by atoms with Gasteiger partial charge < -0.3 is 20.7 Å². The van der Waals surface area contributed by atoms with E-state index < -0.39 is 17.6 Å². The van der Waals surface area contributed by atoms with E-state index in [1.165, 1.54) is 6.20 Å². The number of nitrogen functional groups attached to an aromatic ring is 1. The Morgan fingerprint density at radius 3 is 2.68 bits per heavy atom. The van der Waals surface area contributed by atoms with Gasteiger partial charge in [-0.25, -0.2) is 9.78 Å². The van der Waals surface area contributed by atoms with Crippen LogP contribution in [-0.2, 0) is 22.9 Å². The van der Waals surface area contributed by atoms with Crippen LogP contribution in [0.5, 0.6) is 0 Å². The highest BCUT2D eigenvalue weighted by Gasteiger charge is 2.48. The van der Waals surface area contributed by atoms with Gasteiger partial charge in [-0.1, -0.05) is 0 Å². The molecule has 0 bridgehead atoms. The summed E-state index contributed by atoms with van der Waals surface area (Å²) in [7, 11) is 0. The van der Waals surface area contributed by atoms with Crippen molar-refractivity contribution in [2.75, 3.05) is 32.0 Å². The summed E-state index contributed by atoms with van der Waals surface area (Å²) >= 11 is 0. The minimum Gasteiger partial charge on any atom is -0.383 e. The molecule has 3 N–H and O–H groups in total. The molecule has 8 nitrogen and oxygen atoms in total. The number of anilines is 1. The molecule has 2 saturated heterocycles. The van der Waals surface area contributed by atoms with Gasteiger partial charge in [0.15, 0.2) is 0 Å². The summed E-state index contributed by atoms with van der Waals surface area (Å²) in [5.41, 5.74) is 5.52. The minimum atomic E-state index is -4.59. The number of fused-ring (bicyclic) bond motifs is 2. The fraction of sp³-hybridized carbons (Fsp3) is 0.550. The third kappa shape index (κ3) is 3.31. The molecule has 0 saturated carbocycles. The number of aromatic nitrogens is 3. The second-order valence-electron chi connectivity index (χ2n) is 8.98. The third-order valence-corrected chi connectivity index (χ3v) is 6.54. The summed E-state index contributed by atoms with van der Waals surface area (Å²) < 4.78 is 46.7. The monoisotopic (exact) mass is 436 g/mol. The van der Waals surface area contributed by atoms with Gasteiger partial charge >= 0.3 is 12.2 Å². The predicted octanol–water partition coefficient (Wildman–Crippen LogP) is 2.39. The van der Waals surface area contributed by atoms with Crippen molar-refractivity contribution in [2.45, 2.75) is 43.4 Å². The maximum Gasteiger partial charge on any atom is 0.419 e. The molecule has 2 aromatic rings. The Labute approximate surface area is 176 Å². The van der Waals surface area contributed by atoms with Crippen LogP contribution in [0.3, 0.4) is 0 Å². The van der Waals surface area contributed by atoms with Crippen LogP contribution < -0.4 is 11.1 Å². The highest BCUT2D eigenvalue weighted by Crippen LogP contribution is 2.44. The van der Waals surface area contributed by atoms with Crippen molar-refractivity contribution in [3.05, 3.63) is 29.6 Å². The number of nitrogens with one attached hydrogen (secondary N) is 1. The highest BCUT2D eigenvalue weighted by molar-refractivity contribution is 5.76. The molecular weight excluding hydrogens is 413 g/mol. The van der Waals surface area contributed by atoms with Crippen molar-refractivity contribution in [3.8, 4) is 11.3 Å². The van der Waals surface area contributed by atoms with Crippen LogP contribution in [0.1, 0.15) is 31.0 Å². The van der Waals surface area contributed by atoms with Crippen LogP contribution in [0.4, 0.5) is 23.8 Å². The molecule has 0 radical (unpaired) electrons. The first-order valence-electron chi connectivity index (χ1n) is 10.1. The van der Waals surface area contributed by atoms with Gasteiger partial charge in [-0.2, -0.15) is 18.3 Å². The number of urea groups is 1. The van der Waals surface area contributed by atoms with Gasteiger partial charge in [0.1, 0.15) is 5.82 Å². The van der Waals surface area contributed by atoms with Crippen molar-refractivity contribution in [1.29, 1.82) is 0 Å². The zero-order valence-corrected chi connectivity index (χ0v) is 17.0. The lowest BCUT2D eigenvalue weighted by Crippen LogP contribution is -2.62. The van der Waals surface area contributed by atoms with Crippen LogP contribution in [0, 0.1) is 0 Å². The zero-order valence-electron chi connectivity index (χ0n) is 17.0. The van der Waals surface area contributed by atoms with Gasteiger partial charge in [0, 0.05) is 42.5 Å². The Bertz CT molecular complexity index is 1050. The van der Waals surface area contributed by atoms with E-state index in [4.69, 9.17) is 10.5 Å². The maximum absolute atomic E-state index is 13.2. The van der Waals surface area contributed by atoms with E-state index in [2.05, 4.69) is 15.4 Å². The number of aryl methyl sites for hydroxylation is 1. The summed E-state index contributed by atoms with van der Waals surface area (Å²) in [6.45, 7) is 4.78. The highest BCUT2D eigenvalue weighted by atomic mass is 19.4. The van der Waals surface area contributed by atoms with E-state index in [1.54, 1.807) is 4.90 Å². The second-order valence-corrected chi connectivity index (χ2v) is 8.98. The standard InChI is InChI=1S/C20H23F3N6O2/c1-18(10-31-11-18)26-17(30)28-4-2-19(9-28)3-5-29-15(19)7-14(27-29)12-6-13(20(21,22)23)16(24)25-8-12/h6-8H,2-5,9-11H2,1H3,(H2,24,25)(H,26,30)/t19-/m1/s1. The minimum absolute atomic E-state index is 0.113. The molecule has 31 heavy (non-hydrogen) atoms. The van der Waals surface area contributed by atoms with Gasteiger partial charge in [0.2, 0.25) is 0 Å². The lowest BCUT2D eigenvalue weighted by atomic mass is 9.82. The zero-order chi connectivity index (χ0) is 22.0. The topological polar surface area (TPSA) is 98.3 Å². The molecule has 5 rings (SSSR count). The second kappa shape index (κ2) is 6.59. The lowest BCUT2D eigenvalue weighted by Gasteiger charge is -2.39. The fourth-order valence-electron chi connectivity index (χ4n) is 4.72. The van der Waals surface area contributed by atoms with Gasteiger partial charge in [0.05, 0.1) is 30.0 Å². The van der Waals surface area contributed by atoms with E-state index >= 15 is 0 Å². The predicted molar refractivity (Wildman–Crippen MR) is 105 cm³/mol. The van der Waals surface area contributed by atoms with Crippen LogP contribution >= 0.6 is 0 Å². The first-order chi connectivity index (χ1) is 14.6. The van der Waals surface area contributed by atoms with Gasteiger partial charge in [-0.15, -0.1) is 0 Å². The molecule has 2 fully saturated rings. The molecule has 2 amide bonds. The quantitative estimate of drug-likeness (QED) is 0.753. The molecule has 1 atom stereocenters. The van der Waals surface area contributed by atoms with Crippen molar-refractivity contribution in [3.63, 3.8) is 0 Å². The maximum atomic E-state index is 13.2. The molecule has 166 valence electrons. The Hall–Kier alpha value is -2.82. The number of likely N-dealkylation sites (tertiary alicyclic amines) is 1. The van der Waals surface area contributed by atoms with Crippen LogP contribution in [-0.4, -0.2) is 57.5 Å². The smallest absolute Gasteiger partial charge is 0.383 e. The third-order valence-electron chi connectivity index (χ3n) is 6.54. The summed E-state index contributed by atoms with van der Waals surface area (Å²) in [6, 6.07) is 2.70. The Balaban J connectivity index is 1.38. The van der Waals surface area contributed by atoms with Crippen LogP contribution in [0.15, 0.2) is 18.3 Å². The molecule has 0 unspecified atom stereocenters. The van der Waals surface area contributed by atoms with E-state index in [0.29, 0.717) is 38.5 Å². The van der Waals surface area contributed by atoms with E-state index in [0.717, 1.165) is 24.6 Å². The fourth-order valence-corrected chi connectivity index (χ4v) is 4.72. The number of pyridine rings is 1. The largest absolute Gasteiger partial charge is 0.419 e. The van der Waals surface area contributed by atoms with E-state index in [-0.39, 0.29) is 22.5 Å². The number of nitrogens with zero attached hydrogens (tertiary/aromatic N) is 4. The SMILES string of the molecule is CC1(NC(=O)N2CC[C@@]3(CCn4nc(-c5cnc(N)c(C(F)(F)F)c5)cc43)C2)COC1. The molecule has 5 heterocycles. The summed E-state index contributed by atoms with van der Waals surface area (Å²) in [6.07, 6.45) is -1.65. The number of rotatable bonds is 2. The normalized spacial score (nSPS) is 24.3. The van der Waals surface area contributed by atoms with Crippen molar-refractivity contribution >= 4 is 11.8 Å². The molecular formula is C20H23F3N6O2. The molecule has 0 aromatic carbocycles. The van der Waals surface area contributed by atoms with Gasteiger partial charge in [-0.05, 0) is 31.9 Å². The van der Waals surface area contributed by atoms with Crippen molar-refractivity contribution in [2.24, 2.45) is 0 Å². The molecule has 11 heteroatoms. The van der Waals surface area contributed by atoms with Gasteiger partial charge in [0.25, 0.3) is 0 Å². The first-order valence-corrected chi connectivity index (χ1v) is 10.1. The summed E-state index contributed by atoms with van der Waals surface area (Å²) in [5.74, 6) is -0.553. The number of nitrogens with two attached hydrogens (primary N) is 1. The number of alkyl halides is 3. The van der Waals surface area contributed by atoms with Crippen molar-refractivity contribution < 1.29 is 22.7 Å².